The molecule has 0 aliphatic carbocycles. The van der Waals surface area contributed by atoms with E-state index in [1.165, 1.54) is 6.42 Å². The molecular formula is C13H23N3O2. The first-order valence-electron chi connectivity index (χ1n) is 6.96. The van der Waals surface area contributed by atoms with Crippen molar-refractivity contribution >= 4 is 11.9 Å². The van der Waals surface area contributed by atoms with E-state index in [1.807, 2.05) is 11.8 Å². The van der Waals surface area contributed by atoms with E-state index in [0.717, 1.165) is 19.5 Å². The number of nitrogens with one attached hydrogen (secondary N) is 1. The fourth-order valence-electron chi connectivity index (χ4n) is 2.89. The normalized spacial score (nSPS) is 29.1. The Labute approximate surface area is 108 Å². The number of piperidine rings is 1. The van der Waals surface area contributed by atoms with Gasteiger partial charge >= 0.3 is 6.03 Å². The molecule has 2 aliphatic rings. The number of urea groups is 1. The number of rotatable bonds is 1. The molecule has 2 atom stereocenters. The topological polar surface area (TPSA) is 52.7 Å². The molecule has 102 valence electrons. The second-order valence-corrected chi connectivity index (χ2v) is 5.38. The molecule has 0 saturated carbocycles. The molecule has 18 heavy (non-hydrogen) atoms. The Balaban J connectivity index is 2.04. The van der Waals surface area contributed by atoms with E-state index in [2.05, 4.69) is 12.2 Å². The highest BCUT2D eigenvalue weighted by molar-refractivity contribution is 5.88. The highest BCUT2D eigenvalue weighted by Gasteiger charge is 2.34. The summed E-state index contributed by atoms with van der Waals surface area (Å²) in [6.45, 7) is 7.00. The van der Waals surface area contributed by atoms with Crippen LogP contribution >= 0.6 is 0 Å². The van der Waals surface area contributed by atoms with Gasteiger partial charge in [-0.05, 0) is 25.2 Å². The lowest BCUT2D eigenvalue weighted by molar-refractivity contribution is -0.128. The van der Waals surface area contributed by atoms with Crippen LogP contribution in [0.5, 0.6) is 0 Å². The Morgan fingerprint density at radius 2 is 2.22 bits per heavy atom. The summed E-state index contributed by atoms with van der Waals surface area (Å²) in [5.74, 6) is 0.559. The number of amides is 3. The molecule has 5 heteroatoms. The molecule has 2 saturated heterocycles. The van der Waals surface area contributed by atoms with Crippen LogP contribution in [0.3, 0.4) is 0 Å². The number of hydrogen-bond donors (Lipinski definition) is 1. The summed E-state index contributed by atoms with van der Waals surface area (Å²) in [4.78, 5) is 27.9. The second-order valence-electron chi connectivity index (χ2n) is 5.38. The number of carbonyl (C=O) groups excluding carboxylic acids is 2. The molecule has 0 spiro atoms. The summed E-state index contributed by atoms with van der Waals surface area (Å²) in [5, 5.41) is 2.83. The molecule has 0 radical (unpaired) electrons. The van der Waals surface area contributed by atoms with Crippen molar-refractivity contribution in [3.63, 3.8) is 0 Å². The smallest absolute Gasteiger partial charge is 0.320 e. The number of carbonyl (C=O) groups is 2. The van der Waals surface area contributed by atoms with Crippen LogP contribution in [-0.4, -0.2) is 54.0 Å². The van der Waals surface area contributed by atoms with E-state index in [-0.39, 0.29) is 18.0 Å². The lowest BCUT2D eigenvalue weighted by atomic mass is 10.0. The monoisotopic (exact) mass is 253 g/mol. The summed E-state index contributed by atoms with van der Waals surface area (Å²) < 4.78 is 0. The van der Waals surface area contributed by atoms with Gasteiger partial charge in [0.05, 0.1) is 0 Å². The first-order chi connectivity index (χ1) is 8.63. The van der Waals surface area contributed by atoms with E-state index >= 15 is 0 Å². The zero-order valence-electron chi connectivity index (χ0n) is 11.3. The fourth-order valence-corrected chi connectivity index (χ4v) is 2.89. The average Bonchev–Trinajstić information content (AvgIpc) is 2.37. The maximum absolute atomic E-state index is 12.5. The molecule has 1 N–H and O–H groups in total. The number of likely N-dealkylation sites (tertiary alicyclic amines) is 1. The van der Waals surface area contributed by atoms with Gasteiger partial charge in [-0.1, -0.05) is 13.8 Å². The average molecular weight is 253 g/mol. The summed E-state index contributed by atoms with van der Waals surface area (Å²) in [6.07, 6.45) is 2.95. The van der Waals surface area contributed by atoms with Gasteiger partial charge in [-0.3, -0.25) is 4.79 Å². The Morgan fingerprint density at radius 1 is 1.44 bits per heavy atom. The maximum atomic E-state index is 12.5. The molecule has 2 aliphatic heterocycles. The zero-order valence-corrected chi connectivity index (χ0v) is 11.3. The third-order valence-corrected chi connectivity index (χ3v) is 3.89. The van der Waals surface area contributed by atoms with Crippen LogP contribution in [0.15, 0.2) is 0 Å². The lowest BCUT2D eigenvalue weighted by Gasteiger charge is -2.40. The molecule has 2 heterocycles. The molecule has 2 fully saturated rings. The molecule has 0 aromatic heterocycles. The van der Waals surface area contributed by atoms with Crippen LogP contribution in [0.2, 0.25) is 0 Å². The number of hydrogen-bond acceptors (Lipinski definition) is 2. The zero-order chi connectivity index (χ0) is 13.1. The van der Waals surface area contributed by atoms with Crippen molar-refractivity contribution in [2.24, 2.45) is 5.92 Å². The summed E-state index contributed by atoms with van der Waals surface area (Å²) in [7, 11) is 0. The van der Waals surface area contributed by atoms with Gasteiger partial charge in [0, 0.05) is 26.2 Å². The molecular weight excluding hydrogens is 230 g/mol. The van der Waals surface area contributed by atoms with Crippen LogP contribution in [0.25, 0.3) is 0 Å². The van der Waals surface area contributed by atoms with Gasteiger partial charge in [-0.2, -0.15) is 0 Å². The van der Waals surface area contributed by atoms with Crippen LogP contribution in [0.4, 0.5) is 4.79 Å². The van der Waals surface area contributed by atoms with Gasteiger partial charge in [-0.15, -0.1) is 0 Å². The van der Waals surface area contributed by atoms with Gasteiger partial charge in [0.1, 0.15) is 6.04 Å². The molecule has 2 unspecified atom stereocenters. The largest absolute Gasteiger partial charge is 0.353 e. The summed E-state index contributed by atoms with van der Waals surface area (Å²) in [5.41, 5.74) is 0. The van der Waals surface area contributed by atoms with Gasteiger partial charge < -0.3 is 15.1 Å². The minimum absolute atomic E-state index is 0.0119. The molecule has 0 aromatic carbocycles. The quantitative estimate of drug-likeness (QED) is 0.759. The molecule has 2 rings (SSSR count). The predicted octanol–water partition coefficient (Wildman–Crippen LogP) is 1.05. The Hall–Kier alpha value is -1.26. The SMILES string of the molecule is CCC1C(=O)NCCN1C(=O)N1CCCC(C)C1. The second kappa shape index (κ2) is 5.59. The predicted molar refractivity (Wildman–Crippen MR) is 69.2 cm³/mol. The molecule has 3 amide bonds. The third kappa shape index (κ3) is 2.60. The van der Waals surface area contributed by atoms with Crippen molar-refractivity contribution in [2.75, 3.05) is 26.2 Å². The maximum Gasteiger partial charge on any atom is 0.320 e. The Kier molecular flexibility index (Phi) is 4.09. The Morgan fingerprint density at radius 3 is 2.89 bits per heavy atom. The van der Waals surface area contributed by atoms with Crippen molar-refractivity contribution in [1.29, 1.82) is 0 Å². The van der Waals surface area contributed by atoms with Gasteiger partial charge in [0.2, 0.25) is 5.91 Å². The highest BCUT2D eigenvalue weighted by Crippen LogP contribution is 2.19. The van der Waals surface area contributed by atoms with E-state index in [9.17, 15) is 9.59 Å². The number of piperazine rings is 1. The van der Waals surface area contributed by atoms with E-state index < -0.39 is 0 Å². The van der Waals surface area contributed by atoms with E-state index in [1.54, 1.807) is 4.90 Å². The molecule has 0 bridgehead atoms. The van der Waals surface area contributed by atoms with Gasteiger partial charge in [-0.25, -0.2) is 4.79 Å². The lowest BCUT2D eigenvalue weighted by Crippen LogP contribution is -2.60. The van der Waals surface area contributed by atoms with E-state index in [4.69, 9.17) is 0 Å². The summed E-state index contributed by atoms with van der Waals surface area (Å²) in [6, 6.07) is -0.244. The van der Waals surface area contributed by atoms with Crippen molar-refractivity contribution in [3.05, 3.63) is 0 Å². The first kappa shape index (κ1) is 13.2. The van der Waals surface area contributed by atoms with Crippen molar-refractivity contribution < 1.29 is 9.59 Å². The molecule has 5 nitrogen and oxygen atoms in total. The van der Waals surface area contributed by atoms with Crippen LogP contribution in [0, 0.1) is 5.92 Å². The van der Waals surface area contributed by atoms with Crippen LogP contribution < -0.4 is 5.32 Å². The standard InChI is InChI=1S/C13H23N3O2/c1-3-11-12(17)14-6-8-16(11)13(18)15-7-4-5-10(2)9-15/h10-11H,3-9H2,1-2H3,(H,14,17). The summed E-state index contributed by atoms with van der Waals surface area (Å²) >= 11 is 0. The van der Waals surface area contributed by atoms with Crippen molar-refractivity contribution in [3.8, 4) is 0 Å². The fraction of sp³-hybridized carbons (Fsp3) is 0.846. The van der Waals surface area contributed by atoms with Crippen molar-refractivity contribution in [1.82, 2.24) is 15.1 Å². The van der Waals surface area contributed by atoms with Gasteiger partial charge in [0.25, 0.3) is 0 Å². The minimum Gasteiger partial charge on any atom is -0.353 e. The van der Waals surface area contributed by atoms with Crippen LogP contribution in [-0.2, 0) is 4.79 Å². The van der Waals surface area contributed by atoms with Crippen molar-refractivity contribution in [2.45, 2.75) is 39.2 Å². The number of nitrogens with zero attached hydrogens (tertiary/aromatic N) is 2. The minimum atomic E-state index is -0.288. The van der Waals surface area contributed by atoms with Crippen LogP contribution in [0.1, 0.15) is 33.1 Å². The molecule has 0 aromatic rings. The first-order valence-corrected chi connectivity index (χ1v) is 6.96. The Bertz CT molecular complexity index is 332. The van der Waals surface area contributed by atoms with Gasteiger partial charge in [0.15, 0.2) is 0 Å². The van der Waals surface area contributed by atoms with E-state index in [0.29, 0.717) is 25.4 Å². The highest BCUT2D eigenvalue weighted by atomic mass is 16.2. The third-order valence-electron chi connectivity index (χ3n) is 3.89.